The second-order valence-electron chi connectivity index (χ2n) is 5.34. The van der Waals surface area contributed by atoms with Gasteiger partial charge in [-0.1, -0.05) is 42.2 Å². The third kappa shape index (κ3) is 3.59. The summed E-state index contributed by atoms with van der Waals surface area (Å²) >= 11 is 7.10. The van der Waals surface area contributed by atoms with Crippen LogP contribution in [0.5, 0.6) is 0 Å². The molecule has 1 aliphatic carbocycles. The summed E-state index contributed by atoms with van der Waals surface area (Å²) in [7, 11) is -3.65. The van der Waals surface area contributed by atoms with Gasteiger partial charge in [0.1, 0.15) is 5.01 Å². The highest BCUT2D eigenvalue weighted by Crippen LogP contribution is 2.35. The largest absolute Gasteiger partial charge is 0.263 e. The van der Waals surface area contributed by atoms with Crippen molar-refractivity contribution in [3.8, 4) is 0 Å². The van der Waals surface area contributed by atoms with E-state index in [0.717, 1.165) is 17.8 Å². The molecule has 0 amide bonds. The number of hydrogen-bond donors (Lipinski definition) is 1. The van der Waals surface area contributed by atoms with Gasteiger partial charge < -0.3 is 0 Å². The molecular formula is C14H16ClN3O2S2. The minimum absolute atomic E-state index is 0.159. The van der Waals surface area contributed by atoms with E-state index in [0.29, 0.717) is 16.1 Å². The van der Waals surface area contributed by atoms with Crippen LogP contribution in [-0.4, -0.2) is 18.6 Å². The number of aromatic nitrogens is 2. The number of rotatable bonds is 4. The van der Waals surface area contributed by atoms with Crippen LogP contribution in [0.2, 0.25) is 5.02 Å². The molecule has 5 nitrogen and oxygen atoms in total. The summed E-state index contributed by atoms with van der Waals surface area (Å²) in [5.41, 5.74) is 0. The van der Waals surface area contributed by atoms with Crippen molar-refractivity contribution in [2.75, 3.05) is 4.72 Å². The van der Waals surface area contributed by atoms with Gasteiger partial charge in [-0.05, 0) is 37.1 Å². The van der Waals surface area contributed by atoms with E-state index in [1.807, 2.05) is 0 Å². The SMILES string of the molecule is O=S(=O)(Nc1nnc(C2CCCCC2)s1)c1ccc(Cl)cc1. The summed E-state index contributed by atoms with van der Waals surface area (Å²) in [4.78, 5) is 0.159. The Balaban J connectivity index is 1.75. The topological polar surface area (TPSA) is 72.0 Å². The lowest BCUT2D eigenvalue weighted by atomic mass is 9.90. The highest BCUT2D eigenvalue weighted by atomic mass is 35.5. The summed E-state index contributed by atoms with van der Waals surface area (Å²) in [6.45, 7) is 0. The van der Waals surface area contributed by atoms with Gasteiger partial charge in [0.05, 0.1) is 4.90 Å². The molecule has 0 radical (unpaired) electrons. The minimum Gasteiger partial charge on any atom is -0.253 e. The predicted molar refractivity (Wildman–Crippen MR) is 88.0 cm³/mol. The van der Waals surface area contributed by atoms with Crippen LogP contribution in [0.25, 0.3) is 0 Å². The van der Waals surface area contributed by atoms with Gasteiger partial charge in [0.15, 0.2) is 0 Å². The van der Waals surface area contributed by atoms with Gasteiger partial charge in [0.2, 0.25) is 5.13 Å². The van der Waals surface area contributed by atoms with E-state index in [9.17, 15) is 8.42 Å². The first-order valence-corrected chi connectivity index (χ1v) is 9.84. The number of sulfonamides is 1. The van der Waals surface area contributed by atoms with Crippen LogP contribution in [0.4, 0.5) is 5.13 Å². The van der Waals surface area contributed by atoms with Crippen molar-refractivity contribution < 1.29 is 8.42 Å². The molecule has 1 saturated carbocycles. The average molecular weight is 358 g/mol. The Bertz CT molecular complexity index is 738. The van der Waals surface area contributed by atoms with Gasteiger partial charge in [0, 0.05) is 10.9 Å². The maximum atomic E-state index is 12.3. The molecule has 0 unspecified atom stereocenters. The van der Waals surface area contributed by atoms with Crippen LogP contribution in [0.1, 0.15) is 43.0 Å². The zero-order chi connectivity index (χ0) is 15.6. The maximum Gasteiger partial charge on any atom is 0.263 e. The van der Waals surface area contributed by atoms with Gasteiger partial charge in [-0.2, -0.15) is 0 Å². The summed E-state index contributed by atoms with van der Waals surface area (Å²) in [6, 6.07) is 6.02. The molecule has 22 heavy (non-hydrogen) atoms. The fourth-order valence-electron chi connectivity index (χ4n) is 2.58. The summed E-state index contributed by atoms with van der Waals surface area (Å²) in [5.74, 6) is 0.417. The van der Waals surface area contributed by atoms with Crippen LogP contribution in [0.3, 0.4) is 0 Å². The zero-order valence-electron chi connectivity index (χ0n) is 11.8. The first-order valence-electron chi connectivity index (χ1n) is 7.16. The fraction of sp³-hybridized carbons (Fsp3) is 0.429. The molecule has 118 valence electrons. The third-order valence-electron chi connectivity index (χ3n) is 3.74. The van der Waals surface area contributed by atoms with Gasteiger partial charge in [-0.15, -0.1) is 10.2 Å². The van der Waals surface area contributed by atoms with Crippen molar-refractivity contribution in [2.24, 2.45) is 0 Å². The highest BCUT2D eigenvalue weighted by Gasteiger charge is 2.22. The predicted octanol–water partition coefficient (Wildman–Crippen LogP) is 4.04. The van der Waals surface area contributed by atoms with E-state index in [2.05, 4.69) is 14.9 Å². The van der Waals surface area contributed by atoms with Gasteiger partial charge in [-0.25, -0.2) is 8.42 Å². The van der Waals surface area contributed by atoms with Crippen molar-refractivity contribution in [1.82, 2.24) is 10.2 Å². The van der Waals surface area contributed by atoms with Crippen LogP contribution in [0, 0.1) is 0 Å². The molecular weight excluding hydrogens is 342 g/mol. The van der Waals surface area contributed by atoms with Crippen LogP contribution < -0.4 is 4.72 Å². The number of hydrogen-bond acceptors (Lipinski definition) is 5. The molecule has 1 aromatic carbocycles. The normalized spacial score (nSPS) is 16.6. The first kappa shape index (κ1) is 15.7. The Labute approximate surface area is 138 Å². The Morgan fingerprint density at radius 3 is 2.45 bits per heavy atom. The number of nitrogens with zero attached hydrogens (tertiary/aromatic N) is 2. The van der Waals surface area contributed by atoms with Crippen LogP contribution in [0.15, 0.2) is 29.2 Å². The molecule has 0 aliphatic heterocycles. The Kier molecular flexibility index (Phi) is 4.65. The van der Waals surface area contributed by atoms with Crippen molar-refractivity contribution in [3.63, 3.8) is 0 Å². The zero-order valence-corrected chi connectivity index (χ0v) is 14.2. The van der Waals surface area contributed by atoms with E-state index in [1.54, 1.807) is 12.1 Å². The van der Waals surface area contributed by atoms with Crippen molar-refractivity contribution in [1.29, 1.82) is 0 Å². The second kappa shape index (κ2) is 6.52. The molecule has 8 heteroatoms. The first-order chi connectivity index (χ1) is 10.5. The number of nitrogens with one attached hydrogen (secondary N) is 1. The molecule has 1 aliphatic rings. The minimum atomic E-state index is -3.65. The summed E-state index contributed by atoms with van der Waals surface area (Å²) in [5, 5.41) is 9.86. The molecule has 2 aromatic rings. The van der Waals surface area contributed by atoms with E-state index < -0.39 is 10.0 Å². The number of anilines is 1. The quantitative estimate of drug-likeness (QED) is 0.896. The molecule has 3 rings (SSSR count). The number of benzene rings is 1. The van der Waals surface area contributed by atoms with Crippen molar-refractivity contribution in [2.45, 2.75) is 42.9 Å². The lowest BCUT2D eigenvalue weighted by molar-refractivity contribution is 0.440. The van der Waals surface area contributed by atoms with Gasteiger partial charge >= 0.3 is 0 Å². The molecule has 1 fully saturated rings. The molecule has 0 spiro atoms. The van der Waals surface area contributed by atoms with E-state index in [4.69, 9.17) is 11.6 Å². The van der Waals surface area contributed by atoms with E-state index in [-0.39, 0.29) is 4.90 Å². The van der Waals surface area contributed by atoms with Crippen molar-refractivity contribution >= 4 is 38.1 Å². The lowest BCUT2D eigenvalue weighted by Crippen LogP contribution is -2.12. The Morgan fingerprint density at radius 1 is 1.09 bits per heavy atom. The van der Waals surface area contributed by atoms with Crippen molar-refractivity contribution in [3.05, 3.63) is 34.3 Å². The lowest BCUT2D eigenvalue weighted by Gasteiger charge is -2.18. The molecule has 1 N–H and O–H groups in total. The molecule has 1 heterocycles. The van der Waals surface area contributed by atoms with Crippen LogP contribution in [-0.2, 0) is 10.0 Å². The van der Waals surface area contributed by atoms with E-state index >= 15 is 0 Å². The van der Waals surface area contributed by atoms with Crippen LogP contribution >= 0.6 is 22.9 Å². The Morgan fingerprint density at radius 2 is 1.77 bits per heavy atom. The summed E-state index contributed by atoms with van der Waals surface area (Å²) < 4.78 is 27.1. The number of halogens is 1. The van der Waals surface area contributed by atoms with Gasteiger partial charge in [0.25, 0.3) is 10.0 Å². The fourth-order valence-corrected chi connectivity index (χ4v) is 4.85. The molecule has 0 atom stereocenters. The average Bonchev–Trinajstić information content (AvgIpc) is 2.96. The van der Waals surface area contributed by atoms with E-state index in [1.165, 1.54) is 42.7 Å². The molecule has 0 saturated heterocycles. The monoisotopic (exact) mass is 357 g/mol. The Hall–Kier alpha value is -1.18. The maximum absolute atomic E-state index is 12.3. The second-order valence-corrected chi connectivity index (χ2v) is 8.47. The third-order valence-corrected chi connectivity index (χ3v) is 6.48. The summed E-state index contributed by atoms with van der Waals surface area (Å²) in [6.07, 6.45) is 5.90. The standard InChI is InChI=1S/C14H16ClN3O2S2/c15-11-6-8-12(9-7-11)22(19,20)18-14-17-16-13(21-14)10-4-2-1-3-5-10/h6-10H,1-5H2,(H,17,18). The molecule has 0 bridgehead atoms. The smallest absolute Gasteiger partial charge is 0.253 e. The van der Waals surface area contributed by atoms with Gasteiger partial charge in [-0.3, -0.25) is 4.72 Å². The molecule has 1 aromatic heterocycles. The highest BCUT2D eigenvalue weighted by molar-refractivity contribution is 7.93.